The lowest BCUT2D eigenvalue weighted by Crippen LogP contribution is -2.25. The van der Waals surface area contributed by atoms with Crippen molar-refractivity contribution in [3.05, 3.63) is 29.3 Å². The Balaban J connectivity index is 0.00000225. The van der Waals surface area contributed by atoms with Crippen LogP contribution in [0.3, 0.4) is 0 Å². The van der Waals surface area contributed by atoms with E-state index in [1.165, 1.54) is 0 Å². The molecule has 0 heterocycles. The first-order chi connectivity index (χ1) is 7.10. The third kappa shape index (κ3) is 3.37. The molecule has 0 aliphatic heterocycles. The molecule has 0 aliphatic rings. The van der Waals surface area contributed by atoms with Gasteiger partial charge in [0.25, 0.3) is 0 Å². The summed E-state index contributed by atoms with van der Waals surface area (Å²) in [5.41, 5.74) is 7.90. The second-order valence-electron chi connectivity index (χ2n) is 3.73. The van der Waals surface area contributed by atoms with Crippen molar-refractivity contribution in [1.29, 1.82) is 0 Å². The second-order valence-corrected chi connectivity index (χ2v) is 3.73. The largest absolute Gasteiger partial charge is 0.496 e. The van der Waals surface area contributed by atoms with Crippen molar-refractivity contribution in [2.45, 2.75) is 32.4 Å². The van der Waals surface area contributed by atoms with E-state index in [0.717, 1.165) is 16.9 Å². The molecule has 1 aromatic rings. The summed E-state index contributed by atoms with van der Waals surface area (Å²) >= 11 is 0. The van der Waals surface area contributed by atoms with Crippen LogP contribution < -0.4 is 10.5 Å². The molecule has 3 N–H and O–H groups in total. The van der Waals surface area contributed by atoms with Crippen molar-refractivity contribution in [1.82, 2.24) is 0 Å². The molecule has 92 valence electrons. The van der Waals surface area contributed by atoms with E-state index in [1.54, 1.807) is 7.11 Å². The highest BCUT2D eigenvalue weighted by molar-refractivity contribution is 5.85. The van der Waals surface area contributed by atoms with Crippen LogP contribution in [0.2, 0.25) is 0 Å². The number of benzene rings is 1. The number of rotatable bonds is 4. The molecule has 3 nitrogen and oxygen atoms in total. The first kappa shape index (κ1) is 15.2. The monoisotopic (exact) mass is 245 g/mol. The summed E-state index contributed by atoms with van der Waals surface area (Å²) in [5, 5.41) is 9.64. The third-order valence-electron chi connectivity index (χ3n) is 2.64. The van der Waals surface area contributed by atoms with Crippen LogP contribution in [0.4, 0.5) is 0 Å². The fourth-order valence-electron chi connectivity index (χ4n) is 1.59. The number of hydrogen-bond donors (Lipinski definition) is 2. The van der Waals surface area contributed by atoms with Crippen molar-refractivity contribution in [2.75, 3.05) is 7.11 Å². The maximum atomic E-state index is 9.64. The molecule has 0 aliphatic carbocycles. The van der Waals surface area contributed by atoms with Gasteiger partial charge in [-0.3, -0.25) is 0 Å². The van der Waals surface area contributed by atoms with Gasteiger partial charge in [-0.1, -0.05) is 19.1 Å². The molecule has 0 radical (unpaired) electrons. The summed E-state index contributed by atoms with van der Waals surface area (Å²) in [6.45, 7) is 3.88. The van der Waals surface area contributed by atoms with Crippen LogP contribution in [0.15, 0.2) is 18.2 Å². The van der Waals surface area contributed by atoms with E-state index >= 15 is 0 Å². The normalized spacial score (nSPS) is 13.8. The minimum Gasteiger partial charge on any atom is -0.496 e. The lowest BCUT2D eigenvalue weighted by molar-refractivity contribution is 0.140. The molecule has 0 aromatic heterocycles. The Kier molecular flexibility index (Phi) is 6.41. The lowest BCUT2D eigenvalue weighted by atomic mass is 9.99. The average Bonchev–Trinajstić information content (AvgIpc) is 2.26. The zero-order valence-electron chi connectivity index (χ0n) is 9.93. The third-order valence-corrected chi connectivity index (χ3v) is 2.64. The van der Waals surface area contributed by atoms with E-state index in [2.05, 4.69) is 0 Å². The molecule has 16 heavy (non-hydrogen) atoms. The highest BCUT2D eigenvalue weighted by Gasteiger charge is 2.15. The fraction of sp³-hybridized carbons (Fsp3) is 0.500. The second kappa shape index (κ2) is 6.74. The maximum Gasteiger partial charge on any atom is 0.121 e. The predicted molar refractivity (Wildman–Crippen MR) is 68.2 cm³/mol. The summed E-state index contributed by atoms with van der Waals surface area (Å²) in [6.07, 6.45) is 0.171. The predicted octanol–water partition coefficient (Wildman–Crippen LogP) is 2.20. The van der Waals surface area contributed by atoms with E-state index in [9.17, 15) is 5.11 Å². The van der Waals surface area contributed by atoms with Crippen LogP contribution in [0.25, 0.3) is 0 Å². The van der Waals surface area contributed by atoms with E-state index < -0.39 is 6.10 Å². The van der Waals surface area contributed by atoms with Gasteiger partial charge in [-0.2, -0.15) is 0 Å². The van der Waals surface area contributed by atoms with Crippen molar-refractivity contribution in [3.63, 3.8) is 0 Å². The minimum atomic E-state index is -0.488. The van der Waals surface area contributed by atoms with Gasteiger partial charge in [0.15, 0.2) is 0 Å². The number of aliphatic hydroxyl groups excluding tert-OH is 1. The van der Waals surface area contributed by atoms with Gasteiger partial charge in [-0.25, -0.2) is 0 Å². The number of aryl methyl sites for hydroxylation is 1. The molecule has 0 unspecified atom stereocenters. The Morgan fingerprint density at radius 1 is 1.44 bits per heavy atom. The number of hydrogen-bond acceptors (Lipinski definition) is 3. The van der Waals surface area contributed by atoms with E-state index in [1.807, 2.05) is 32.0 Å². The first-order valence-corrected chi connectivity index (χ1v) is 5.18. The van der Waals surface area contributed by atoms with Gasteiger partial charge >= 0.3 is 0 Å². The van der Waals surface area contributed by atoms with Crippen LogP contribution >= 0.6 is 12.4 Å². The number of nitrogens with two attached hydrogens (primary N) is 1. The van der Waals surface area contributed by atoms with Crippen LogP contribution in [0.5, 0.6) is 5.75 Å². The van der Waals surface area contributed by atoms with Gasteiger partial charge < -0.3 is 15.6 Å². The first-order valence-electron chi connectivity index (χ1n) is 5.18. The van der Waals surface area contributed by atoms with E-state index in [0.29, 0.717) is 6.42 Å². The van der Waals surface area contributed by atoms with Gasteiger partial charge in [-0.15, -0.1) is 12.4 Å². The van der Waals surface area contributed by atoms with Gasteiger partial charge in [0, 0.05) is 0 Å². The highest BCUT2D eigenvalue weighted by atomic mass is 35.5. The quantitative estimate of drug-likeness (QED) is 0.855. The SMILES string of the molecule is CC[C@H](O)[C@H](N)c1ccc(OC)c(C)c1.Cl. The number of halogens is 1. The Hall–Kier alpha value is -0.770. The Labute approximate surface area is 103 Å². The molecule has 0 saturated carbocycles. The summed E-state index contributed by atoms with van der Waals surface area (Å²) < 4.78 is 5.16. The topological polar surface area (TPSA) is 55.5 Å². The van der Waals surface area contributed by atoms with Gasteiger partial charge in [-0.05, 0) is 30.5 Å². The fourth-order valence-corrected chi connectivity index (χ4v) is 1.59. The lowest BCUT2D eigenvalue weighted by Gasteiger charge is -2.18. The standard InChI is InChI=1S/C12H19NO2.ClH/c1-4-10(14)12(13)9-5-6-11(15-3)8(2)7-9;/h5-7,10,12,14H,4,13H2,1-3H3;1H/t10-,12+;/m0./s1. The zero-order chi connectivity index (χ0) is 11.4. The molecule has 1 rings (SSSR count). The molecule has 0 amide bonds. The molecule has 0 saturated heterocycles. The molecule has 0 fully saturated rings. The van der Waals surface area contributed by atoms with Crippen molar-refractivity contribution >= 4 is 12.4 Å². The summed E-state index contributed by atoms with van der Waals surface area (Å²) in [6, 6.07) is 5.42. The van der Waals surface area contributed by atoms with Crippen molar-refractivity contribution in [3.8, 4) is 5.75 Å². The zero-order valence-corrected chi connectivity index (χ0v) is 10.8. The van der Waals surface area contributed by atoms with Gasteiger partial charge in [0.2, 0.25) is 0 Å². The smallest absolute Gasteiger partial charge is 0.121 e. The molecular weight excluding hydrogens is 226 g/mol. The van der Waals surface area contributed by atoms with E-state index in [-0.39, 0.29) is 18.4 Å². The molecule has 2 atom stereocenters. The van der Waals surface area contributed by atoms with Crippen LogP contribution in [-0.2, 0) is 0 Å². The van der Waals surface area contributed by atoms with Crippen LogP contribution in [-0.4, -0.2) is 18.3 Å². The summed E-state index contributed by atoms with van der Waals surface area (Å²) in [5.74, 6) is 0.844. The molecule has 1 aromatic carbocycles. The molecule has 0 spiro atoms. The number of methoxy groups -OCH3 is 1. The van der Waals surface area contributed by atoms with Crippen molar-refractivity contribution in [2.24, 2.45) is 5.73 Å². The number of aliphatic hydroxyl groups is 1. The van der Waals surface area contributed by atoms with Crippen LogP contribution in [0, 0.1) is 6.92 Å². The summed E-state index contributed by atoms with van der Waals surface area (Å²) in [7, 11) is 1.64. The van der Waals surface area contributed by atoms with Crippen LogP contribution in [0.1, 0.15) is 30.5 Å². The Bertz CT molecular complexity index is 331. The maximum absolute atomic E-state index is 9.64. The molecule has 4 heteroatoms. The molecule has 0 bridgehead atoms. The van der Waals surface area contributed by atoms with Gasteiger partial charge in [0.05, 0.1) is 19.3 Å². The number of ether oxygens (including phenoxy) is 1. The van der Waals surface area contributed by atoms with Crippen molar-refractivity contribution < 1.29 is 9.84 Å². The highest BCUT2D eigenvalue weighted by Crippen LogP contribution is 2.23. The Morgan fingerprint density at radius 3 is 2.50 bits per heavy atom. The molecular formula is C12H20ClNO2. The van der Waals surface area contributed by atoms with E-state index in [4.69, 9.17) is 10.5 Å². The summed E-state index contributed by atoms with van der Waals surface area (Å²) in [4.78, 5) is 0. The Morgan fingerprint density at radius 2 is 2.06 bits per heavy atom. The average molecular weight is 246 g/mol. The van der Waals surface area contributed by atoms with Gasteiger partial charge in [0.1, 0.15) is 5.75 Å². The minimum absolute atomic E-state index is 0.